The Kier molecular flexibility index (Phi) is 3.86. The Bertz CT molecular complexity index is 952. The smallest absolute Gasteiger partial charge is 0.343 e. The first-order valence-electron chi connectivity index (χ1n) is 9.79. The van der Waals surface area contributed by atoms with Crippen LogP contribution in [-0.2, 0) is 9.59 Å². The molecule has 28 heavy (non-hydrogen) atoms. The van der Waals surface area contributed by atoms with Crippen molar-refractivity contribution in [3.05, 3.63) is 59.7 Å². The summed E-state index contributed by atoms with van der Waals surface area (Å²) in [5.74, 6) is 0.0382. The summed E-state index contributed by atoms with van der Waals surface area (Å²) in [6.45, 7) is 1.95. The van der Waals surface area contributed by atoms with Crippen LogP contribution in [0.15, 0.2) is 48.5 Å². The third kappa shape index (κ3) is 2.57. The minimum absolute atomic E-state index is 0.0933. The molecule has 0 radical (unpaired) electrons. The van der Waals surface area contributed by atoms with E-state index in [-0.39, 0.29) is 23.7 Å². The van der Waals surface area contributed by atoms with Crippen LogP contribution in [-0.4, -0.2) is 17.8 Å². The zero-order chi connectivity index (χ0) is 19.4. The number of hydrogen-bond donors (Lipinski definition) is 0. The van der Waals surface area contributed by atoms with Crippen molar-refractivity contribution < 1.29 is 19.1 Å². The summed E-state index contributed by atoms with van der Waals surface area (Å²) in [5.41, 5.74) is 2.00. The van der Waals surface area contributed by atoms with Gasteiger partial charge in [0, 0.05) is 6.07 Å². The zero-order valence-corrected chi connectivity index (χ0v) is 15.6. The second-order valence-electron chi connectivity index (χ2n) is 8.15. The molecule has 2 bridgehead atoms. The molecule has 142 valence electrons. The topological polar surface area (TPSA) is 63.7 Å². The number of anilines is 1. The molecule has 2 amide bonds. The van der Waals surface area contributed by atoms with Gasteiger partial charge in [0.25, 0.3) is 0 Å². The molecule has 2 aromatic rings. The van der Waals surface area contributed by atoms with Gasteiger partial charge in [-0.3, -0.25) is 9.59 Å². The average molecular weight is 375 g/mol. The van der Waals surface area contributed by atoms with Gasteiger partial charge in [-0.05, 0) is 62.3 Å². The van der Waals surface area contributed by atoms with Crippen molar-refractivity contribution >= 4 is 23.5 Å². The summed E-state index contributed by atoms with van der Waals surface area (Å²) in [7, 11) is 0. The van der Waals surface area contributed by atoms with E-state index < -0.39 is 5.97 Å². The molecule has 3 aliphatic rings. The van der Waals surface area contributed by atoms with Crippen molar-refractivity contribution in [2.75, 3.05) is 4.90 Å². The van der Waals surface area contributed by atoms with E-state index in [1.54, 1.807) is 36.4 Å². The molecule has 1 saturated heterocycles. The summed E-state index contributed by atoms with van der Waals surface area (Å²) in [5, 5.41) is 0. The van der Waals surface area contributed by atoms with Crippen molar-refractivity contribution in [1.82, 2.24) is 0 Å². The number of carbonyl (C=O) groups is 3. The molecule has 2 aliphatic carbocycles. The number of esters is 1. The van der Waals surface area contributed by atoms with Gasteiger partial charge in [-0.15, -0.1) is 0 Å². The van der Waals surface area contributed by atoms with Crippen molar-refractivity contribution in [3.8, 4) is 5.75 Å². The number of rotatable bonds is 3. The molecule has 5 rings (SSSR count). The highest BCUT2D eigenvalue weighted by atomic mass is 16.5. The molecule has 0 unspecified atom stereocenters. The zero-order valence-electron chi connectivity index (χ0n) is 15.6. The molecule has 5 heteroatoms. The maximum Gasteiger partial charge on any atom is 0.343 e. The molecule has 1 heterocycles. The van der Waals surface area contributed by atoms with E-state index in [0.29, 0.717) is 28.8 Å². The van der Waals surface area contributed by atoms with Crippen LogP contribution in [0.25, 0.3) is 0 Å². The predicted octanol–water partition coefficient (Wildman–Crippen LogP) is 3.75. The first kappa shape index (κ1) is 17.2. The SMILES string of the molecule is Cc1ccc(C(=O)Oc2cccc(N3C(=O)[C@H]4[C@H]5CC[C@@H](C5)[C@@H]4C3=O)c2)cc1. The molecule has 3 fully saturated rings. The minimum atomic E-state index is -0.467. The maximum absolute atomic E-state index is 13.0. The van der Waals surface area contributed by atoms with Crippen LogP contribution >= 0.6 is 0 Å². The largest absolute Gasteiger partial charge is 0.423 e. The lowest BCUT2D eigenvalue weighted by atomic mass is 9.81. The third-order valence-corrected chi connectivity index (χ3v) is 6.50. The highest BCUT2D eigenvalue weighted by Crippen LogP contribution is 2.56. The van der Waals surface area contributed by atoms with Crippen molar-refractivity contribution in [1.29, 1.82) is 0 Å². The van der Waals surface area contributed by atoms with Crippen molar-refractivity contribution in [2.24, 2.45) is 23.7 Å². The second-order valence-corrected chi connectivity index (χ2v) is 8.15. The fraction of sp³-hybridized carbons (Fsp3) is 0.348. The molecular formula is C23H21NO4. The Balaban J connectivity index is 1.39. The van der Waals surface area contributed by atoms with E-state index in [9.17, 15) is 14.4 Å². The highest BCUT2D eigenvalue weighted by Gasteiger charge is 2.61. The summed E-state index contributed by atoms with van der Waals surface area (Å²) in [6.07, 6.45) is 3.11. The fourth-order valence-corrected chi connectivity index (χ4v) is 5.20. The van der Waals surface area contributed by atoms with Gasteiger partial charge in [0.2, 0.25) is 11.8 Å². The van der Waals surface area contributed by atoms with E-state index in [2.05, 4.69) is 0 Å². The van der Waals surface area contributed by atoms with Crippen LogP contribution < -0.4 is 9.64 Å². The Hall–Kier alpha value is -2.95. The quantitative estimate of drug-likeness (QED) is 0.466. The van der Waals surface area contributed by atoms with E-state index in [4.69, 9.17) is 4.74 Å². The summed E-state index contributed by atoms with van der Waals surface area (Å²) >= 11 is 0. The van der Waals surface area contributed by atoms with E-state index in [1.165, 1.54) is 4.90 Å². The first-order valence-corrected chi connectivity index (χ1v) is 9.79. The lowest BCUT2D eigenvalue weighted by Crippen LogP contribution is -2.32. The monoisotopic (exact) mass is 375 g/mol. The van der Waals surface area contributed by atoms with E-state index >= 15 is 0 Å². The number of amides is 2. The standard InChI is InChI=1S/C23H21NO4/c1-13-5-7-14(8-6-13)23(27)28-18-4-2-3-17(12-18)24-21(25)19-15-9-10-16(11-15)20(19)22(24)26/h2-8,12,15-16,19-20H,9-11H2,1H3/t15-,16-,19-,20-/m0/s1. The van der Waals surface area contributed by atoms with Gasteiger partial charge in [0.05, 0.1) is 23.1 Å². The lowest BCUT2D eigenvalue weighted by molar-refractivity contribution is -0.123. The molecule has 0 N–H and O–H groups in total. The molecular weight excluding hydrogens is 354 g/mol. The van der Waals surface area contributed by atoms with Crippen LogP contribution in [0, 0.1) is 30.6 Å². The molecule has 2 saturated carbocycles. The van der Waals surface area contributed by atoms with E-state index in [1.807, 2.05) is 19.1 Å². The van der Waals surface area contributed by atoms with Crippen LogP contribution in [0.1, 0.15) is 35.2 Å². The van der Waals surface area contributed by atoms with Crippen LogP contribution in [0.2, 0.25) is 0 Å². The van der Waals surface area contributed by atoms with Gasteiger partial charge in [-0.1, -0.05) is 23.8 Å². The first-order chi connectivity index (χ1) is 13.5. The number of hydrogen-bond acceptors (Lipinski definition) is 4. The number of nitrogens with zero attached hydrogens (tertiary/aromatic N) is 1. The Morgan fingerprint density at radius 1 is 0.964 bits per heavy atom. The number of imide groups is 1. The van der Waals surface area contributed by atoms with Crippen molar-refractivity contribution in [3.63, 3.8) is 0 Å². The highest BCUT2D eigenvalue weighted by molar-refractivity contribution is 6.22. The molecule has 1 aliphatic heterocycles. The van der Waals surface area contributed by atoms with Gasteiger partial charge in [0.1, 0.15) is 5.75 Å². The normalized spacial score (nSPS) is 28.0. The molecule has 5 nitrogen and oxygen atoms in total. The van der Waals surface area contributed by atoms with Gasteiger partial charge >= 0.3 is 5.97 Å². The second kappa shape index (κ2) is 6.30. The molecule has 0 spiro atoms. The van der Waals surface area contributed by atoms with Crippen LogP contribution in [0.5, 0.6) is 5.75 Å². The van der Waals surface area contributed by atoms with Crippen LogP contribution in [0.3, 0.4) is 0 Å². The van der Waals surface area contributed by atoms with Crippen LogP contribution in [0.4, 0.5) is 5.69 Å². The number of ether oxygens (including phenoxy) is 1. The summed E-state index contributed by atoms with van der Waals surface area (Å²) in [4.78, 5) is 39.6. The Morgan fingerprint density at radius 3 is 2.25 bits per heavy atom. The van der Waals surface area contributed by atoms with Gasteiger partial charge < -0.3 is 4.74 Å². The fourth-order valence-electron chi connectivity index (χ4n) is 5.20. The van der Waals surface area contributed by atoms with Gasteiger partial charge in [-0.25, -0.2) is 9.69 Å². The third-order valence-electron chi connectivity index (χ3n) is 6.50. The molecule has 4 atom stereocenters. The van der Waals surface area contributed by atoms with Gasteiger partial charge in [-0.2, -0.15) is 0 Å². The van der Waals surface area contributed by atoms with E-state index in [0.717, 1.165) is 24.8 Å². The maximum atomic E-state index is 13.0. The molecule has 2 aromatic carbocycles. The Morgan fingerprint density at radius 2 is 1.61 bits per heavy atom. The summed E-state index contributed by atoms with van der Waals surface area (Å²) < 4.78 is 5.47. The molecule has 0 aromatic heterocycles. The number of aryl methyl sites for hydroxylation is 1. The Labute approximate surface area is 163 Å². The average Bonchev–Trinajstić information content (AvgIpc) is 3.36. The minimum Gasteiger partial charge on any atom is -0.423 e. The van der Waals surface area contributed by atoms with Gasteiger partial charge in [0.15, 0.2) is 0 Å². The number of fused-ring (bicyclic) bond motifs is 5. The van der Waals surface area contributed by atoms with Crippen molar-refractivity contribution in [2.45, 2.75) is 26.2 Å². The predicted molar refractivity (Wildman–Crippen MR) is 103 cm³/mol. The number of carbonyl (C=O) groups excluding carboxylic acids is 3. The lowest BCUT2D eigenvalue weighted by Gasteiger charge is -2.19. The number of benzene rings is 2. The summed E-state index contributed by atoms with van der Waals surface area (Å²) in [6, 6.07) is 13.8.